The number of quaternary nitrogens is 1. The maximum absolute atomic E-state index is 11.7. The summed E-state index contributed by atoms with van der Waals surface area (Å²) in [7, 11) is 0.902. The second-order valence-corrected chi connectivity index (χ2v) is 11.6. The van der Waals surface area contributed by atoms with E-state index in [0.29, 0.717) is 10.9 Å². The second kappa shape index (κ2) is 16.2. The molecule has 0 spiro atoms. The monoisotopic (exact) mass is 446 g/mol. The standard InChI is InChI=1S/C24H48NO4P/c1-5-6-7-8-9-10-11-12-13-14-15-16-17-18-19-20-21-22-24(26,30(27,28)29)23-25(2,3)4/h13-14,18-19,26H,5-12,15-17,20-23H2,1-4H3,(H-,27,28,29)/p+1/b14-13-,19-18-. The van der Waals surface area contributed by atoms with E-state index >= 15 is 0 Å². The zero-order valence-corrected chi connectivity index (χ0v) is 21.0. The summed E-state index contributed by atoms with van der Waals surface area (Å²) in [5, 5.41) is 8.55. The molecule has 0 saturated carbocycles. The molecule has 0 aromatic carbocycles. The minimum atomic E-state index is -4.57. The molecule has 6 heteroatoms. The third-order valence-electron chi connectivity index (χ3n) is 5.27. The van der Waals surface area contributed by atoms with Crippen molar-refractivity contribution in [3.05, 3.63) is 24.3 Å². The van der Waals surface area contributed by atoms with Crippen LogP contribution in [0, 0.1) is 0 Å². The Bertz CT molecular complexity index is 522. The highest BCUT2D eigenvalue weighted by Gasteiger charge is 2.48. The molecule has 0 aromatic heterocycles. The Morgan fingerprint density at radius 2 is 1.17 bits per heavy atom. The molecule has 0 aliphatic rings. The van der Waals surface area contributed by atoms with Gasteiger partial charge in [0.2, 0.25) is 5.34 Å². The molecule has 0 amide bonds. The van der Waals surface area contributed by atoms with E-state index in [4.69, 9.17) is 0 Å². The quantitative estimate of drug-likeness (QED) is 0.0962. The lowest BCUT2D eigenvalue weighted by atomic mass is 10.1. The summed E-state index contributed by atoms with van der Waals surface area (Å²) in [6.07, 6.45) is 24.1. The topological polar surface area (TPSA) is 77.8 Å². The van der Waals surface area contributed by atoms with Crippen molar-refractivity contribution in [3.63, 3.8) is 0 Å². The van der Waals surface area contributed by atoms with Gasteiger partial charge in [0.15, 0.2) is 0 Å². The molecule has 0 radical (unpaired) electrons. The lowest BCUT2D eigenvalue weighted by molar-refractivity contribution is -0.875. The second-order valence-electron chi connectivity index (χ2n) is 9.65. The van der Waals surface area contributed by atoms with Crippen LogP contribution in [0.3, 0.4) is 0 Å². The van der Waals surface area contributed by atoms with Gasteiger partial charge in [-0.25, -0.2) is 0 Å². The lowest BCUT2D eigenvalue weighted by Crippen LogP contribution is -2.49. The molecule has 0 fully saturated rings. The molecule has 0 aliphatic carbocycles. The lowest BCUT2D eigenvalue weighted by Gasteiger charge is -2.35. The van der Waals surface area contributed by atoms with Crippen LogP contribution in [-0.4, -0.2) is 52.4 Å². The molecule has 30 heavy (non-hydrogen) atoms. The SMILES string of the molecule is CCCCCCCCC/C=C\CCC/C=C\CCCC(O)(C[N+](C)(C)C)P(=O)(O)O. The number of allylic oxidation sites excluding steroid dienone is 4. The van der Waals surface area contributed by atoms with Gasteiger partial charge in [-0.1, -0.05) is 69.8 Å². The van der Waals surface area contributed by atoms with Gasteiger partial charge in [0.05, 0.1) is 21.1 Å². The van der Waals surface area contributed by atoms with E-state index in [1.165, 1.54) is 51.4 Å². The van der Waals surface area contributed by atoms with Crippen molar-refractivity contribution >= 4 is 7.60 Å². The van der Waals surface area contributed by atoms with Crippen LogP contribution in [0.25, 0.3) is 0 Å². The van der Waals surface area contributed by atoms with Gasteiger partial charge in [-0.2, -0.15) is 0 Å². The first-order valence-corrected chi connectivity index (χ1v) is 13.5. The summed E-state index contributed by atoms with van der Waals surface area (Å²) in [6, 6.07) is 0. The third-order valence-corrected chi connectivity index (χ3v) is 6.72. The van der Waals surface area contributed by atoms with Crippen molar-refractivity contribution in [2.45, 2.75) is 102 Å². The van der Waals surface area contributed by atoms with Gasteiger partial charge >= 0.3 is 7.60 Å². The van der Waals surface area contributed by atoms with Crippen LogP contribution < -0.4 is 0 Å². The van der Waals surface area contributed by atoms with E-state index in [9.17, 15) is 19.5 Å². The number of nitrogens with zero attached hydrogens (tertiary/aromatic N) is 1. The Morgan fingerprint density at radius 3 is 1.63 bits per heavy atom. The Morgan fingerprint density at radius 1 is 0.733 bits per heavy atom. The fraction of sp³-hybridized carbons (Fsp3) is 0.833. The molecule has 0 aliphatic heterocycles. The van der Waals surface area contributed by atoms with Gasteiger partial charge < -0.3 is 19.4 Å². The summed E-state index contributed by atoms with van der Waals surface area (Å²) < 4.78 is 12.1. The average Bonchev–Trinajstić information content (AvgIpc) is 2.62. The Kier molecular flexibility index (Phi) is 16.0. The highest BCUT2D eigenvalue weighted by molar-refractivity contribution is 7.53. The molecule has 5 nitrogen and oxygen atoms in total. The zero-order chi connectivity index (χ0) is 22.9. The average molecular weight is 447 g/mol. The molecule has 178 valence electrons. The predicted octanol–water partition coefficient (Wildman–Crippen LogP) is 6.15. The molecule has 1 atom stereocenters. The molecule has 1 unspecified atom stereocenters. The Hall–Kier alpha value is -0.450. The van der Waals surface area contributed by atoms with Crippen LogP contribution in [0.15, 0.2) is 24.3 Å². The first-order chi connectivity index (χ1) is 14.0. The van der Waals surface area contributed by atoms with Crippen molar-refractivity contribution < 1.29 is 23.9 Å². The van der Waals surface area contributed by atoms with Crippen molar-refractivity contribution in [3.8, 4) is 0 Å². The number of unbranched alkanes of at least 4 members (excludes halogenated alkanes) is 10. The Labute approximate surface area is 186 Å². The van der Waals surface area contributed by atoms with Crippen LogP contribution in [-0.2, 0) is 4.57 Å². The van der Waals surface area contributed by atoms with Crippen LogP contribution >= 0.6 is 7.60 Å². The van der Waals surface area contributed by atoms with Crippen LogP contribution in [0.2, 0.25) is 0 Å². The highest BCUT2D eigenvalue weighted by atomic mass is 31.2. The van der Waals surface area contributed by atoms with Crippen molar-refractivity contribution in [1.29, 1.82) is 0 Å². The number of hydrogen-bond donors (Lipinski definition) is 3. The maximum atomic E-state index is 11.7. The predicted molar refractivity (Wildman–Crippen MR) is 128 cm³/mol. The molecule has 0 aromatic rings. The minimum Gasteiger partial charge on any atom is -0.373 e. The summed E-state index contributed by atoms with van der Waals surface area (Å²) >= 11 is 0. The van der Waals surface area contributed by atoms with Gasteiger partial charge in [0.25, 0.3) is 0 Å². The smallest absolute Gasteiger partial charge is 0.362 e. The number of likely N-dealkylation sites (N-methyl/N-ethyl adjacent to an activating group) is 1. The van der Waals surface area contributed by atoms with Crippen molar-refractivity contribution in [2.24, 2.45) is 0 Å². The molecule has 0 bridgehead atoms. The van der Waals surface area contributed by atoms with Gasteiger partial charge in [-0.15, -0.1) is 0 Å². The molecule has 0 saturated heterocycles. The highest BCUT2D eigenvalue weighted by Crippen LogP contribution is 2.52. The summed E-state index contributed by atoms with van der Waals surface area (Å²) in [4.78, 5) is 19.1. The summed E-state index contributed by atoms with van der Waals surface area (Å²) in [5.41, 5.74) is 0. The summed E-state index contributed by atoms with van der Waals surface area (Å²) in [6.45, 7) is 2.29. The molecular formula is C24H49NO4P+. The maximum Gasteiger partial charge on any atom is 0.362 e. The molecule has 0 rings (SSSR count). The third kappa shape index (κ3) is 16.3. The van der Waals surface area contributed by atoms with Gasteiger partial charge in [0.1, 0.15) is 6.54 Å². The van der Waals surface area contributed by atoms with Crippen molar-refractivity contribution in [1.82, 2.24) is 0 Å². The largest absolute Gasteiger partial charge is 0.373 e. The normalized spacial score (nSPS) is 15.3. The van der Waals surface area contributed by atoms with Gasteiger partial charge in [0, 0.05) is 0 Å². The van der Waals surface area contributed by atoms with Crippen molar-refractivity contribution in [2.75, 3.05) is 27.7 Å². The zero-order valence-electron chi connectivity index (χ0n) is 20.1. The Balaban J connectivity index is 3.81. The first kappa shape index (κ1) is 29.5. The first-order valence-electron chi connectivity index (χ1n) is 11.9. The van der Waals surface area contributed by atoms with E-state index in [2.05, 4.69) is 31.2 Å². The molecular weight excluding hydrogens is 397 g/mol. The van der Waals surface area contributed by atoms with Gasteiger partial charge in [-0.05, 0) is 51.4 Å². The molecule has 0 heterocycles. The van der Waals surface area contributed by atoms with E-state index in [-0.39, 0.29) is 13.0 Å². The molecule has 3 N–H and O–H groups in total. The number of rotatable bonds is 19. The van der Waals surface area contributed by atoms with Crippen LogP contribution in [0.1, 0.15) is 96.8 Å². The van der Waals surface area contributed by atoms with E-state index in [0.717, 1.165) is 25.7 Å². The van der Waals surface area contributed by atoms with Crippen LogP contribution in [0.4, 0.5) is 0 Å². The van der Waals surface area contributed by atoms with Crippen LogP contribution in [0.5, 0.6) is 0 Å². The number of hydrogen-bond acceptors (Lipinski definition) is 2. The minimum absolute atomic E-state index is 0.0339. The fourth-order valence-electron chi connectivity index (χ4n) is 3.62. The van der Waals surface area contributed by atoms with E-state index < -0.39 is 12.9 Å². The van der Waals surface area contributed by atoms with E-state index in [1.807, 2.05) is 21.1 Å². The fourth-order valence-corrected chi connectivity index (χ4v) is 4.68. The van der Waals surface area contributed by atoms with Gasteiger partial charge in [-0.3, -0.25) is 4.57 Å². The van der Waals surface area contributed by atoms with E-state index in [1.54, 1.807) is 0 Å². The number of aliphatic hydroxyl groups is 1. The summed E-state index contributed by atoms with van der Waals surface area (Å²) in [5.74, 6) is 0.